The topological polar surface area (TPSA) is 99.4 Å². The lowest BCUT2D eigenvalue weighted by molar-refractivity contribution is -0.112. The molecule has 0 saturated heterocycles. The number of nitriles is 1. The Morgan fingerprint density at radius 2 is 1.77 bits per heavy atom. The van der Waals surface area contributed by atoms with Gasteiger partial charge in [-0.25, -0.2) is 4.79 Å². The summed E-state index contributed by atoms with van der Waals surface area (Å²) in [7, 11) is 0. The maximum atomic E-state index is 12.6. The predicted molar refractivity (Wildman–Crippen MR) is 121 cm³/mol. The van der Waals surface area contributed by atoms with Crippen molar-refractivity contribution in [2.75, 3.05) is 5.32 Å². The summed E-state index contributed by atoms with van der Waals surface area (Å²) in [5.41, 5.74) is 1.92. The van der Waals surface area contributed by atoms with Gasteiger partial charge in [0.1, 0.15) is 24.0 Å². The first-order chi connectivity index (χ1) is 15.0. The summed E-state index contributed by atoms with van der Waals surface area (Å²) < 4.78 is 6.67. The van der Waals surface area contributed by atoms with E-state index in [-0.39, 0.29) is 11.1 Å². The molecule has 0 aromatic heterocycles. The van der Waals surface area contributed by atoms with Gasteiger partial charge < -0.3 is 15.2 Å². The number of carbonyl (C=O) groups is 2. The molecule has 6 nitrogen and oxygen atoms in total. The van der Waals surface area contributed by atoms with Gasteiger partial charge in [-0.05, 0) is 54.1 Å². The zero-order valence-electron chi connectivity index (χ0n) is 16.2. The summed E-state index contributed by atoms with van der Waals surface area (Å²) >= 11 is 3.40. The third-order valence-corrected chi connectivity index (χ3v) is 4.76. The number of carboxylic acid groups (broad SMARTS) is 1. The number of nitrogens with one attached hydrogen (secondary N) is 1. The normalized spacial score (nSPS) is 10.8. The van der Waals surface area contributed by atoms with Crippen molar-refractivity contribution < 1.29 is 19.4 Å². The first-order valence-corrected chi connectivity index (χ1v) is 9.98. The van der Waals surface area contributed by atoms with Crippen molar-refractivity contribution in [2.24, 2.45) is 0 Å². The van der Waals surface area contributed by atoms with Crippen LogP contribution in [0.15, 0.2) is 82.8 Å². The third kappa shape index (κ3) is 6.04. The van der Waals surface area contributed by atoms with Gasteiger partial charge in [-0.1, -0.05) is 46.3 Å². The number of rotatable bonds is 7. The molecule has 0 spiro atoms. The molecule has 0 atom stereocenters. The van der Waals surface area contributed by atoms with E-state index in [2.05, 4.69) is 21.2 Å². The Kier molecular flexibility index (Phi) is 7.20. The number of hydrogen-bond donors (Lipinski definition) is 2. The van der Waals surface area contributed by atoms with Gasteiger partial charge in [0.05, 0.1) is 5.56 Å². The van der Waals surface area contributed by atoms with Crippen LogP contribution >= 0.6 is 15.9 Å². The number of carbonyl (C=O) groups excluding carboxylic acids is 1. The number of hydrogen-bond acceptors (Lipinski definition) is 4. The van der Waals surface area contributed by atoms with Crippen LogP contribution in [0.2, 0.25) is 0 Å². The summed E-state index contributed by atoms with van der Waals surface area (Å²) in [6.45, 7) is 0.341. The third-order valence-electron chi connectivity index (χ3n) is 4.26. The van der Waals surface area contributed by atoms with Crippen LogP contribution in [0.3, 0.4) is 0 Å². The number of carboxylic acids is 1. The van der Waals surface area contributed by atoms with Crippen molar-refractivity contribution in [3.8, 4) is 11.8 Å². The quantitative estimate of drug-likeness (QED) is 0.357. The molecule has 0 radical (unpaired) electrons. The van der Waals surface area contributed by atoms with E-state index in [1.807, 2.05) is 42.5 Å². The smallest absolute Gasteiger partial charge is 0.335 e. The van der Waals surface area contributed by atoms with Gasteiger partial charge in [-0.15, -0.1) is 0 Å². The highest BCUT2D eigenvalue weighted by molar-refractivity contribution is 9.10. The SMILES string of the molecule is N#C/C(=C\c1cc(Br)ccc1OCc1ccccc1)C(=O)Nc1ccc(C(=O)O)cc1. The number of anilines is 1. The lowest BCUT2D eigenvalue weighted by Gasteiger charge is -2.11. The van der Waals surface area contributed by atoms with E-state index in [0.29, 0.717) is 23.6 Å². The summed E-state index contributed by atoms with van der Waals surface area (Å²) in [5.74, 6) is -1.15. The minimum atomic E-state index is -1.06. The Balaban J connectivity index is 1.80. The highest BCUT2D eigenvalue weighted by Crippen LogP contribution is 2.27. The second-order valence-corrected chi connectivity index (χ2v) is 7.38. The highest BCUT2D eigenvalue weighted by Gasteiger charge is 2.13. The van der Waals surface area contributed by atoms with Crippen LogP contribution in [0, 0.1) is 11.3 Å². The van der Waals surface area contributed by atoms with E-state index >= 15 is 0 Å². The molecule has 0 aliphatic carbocycles. The van der Waals surface area contributed by atoms with Crippen molar-refractivity contribution in [3.63, 3.8) is 0 Å². The Morgan fingerprint density at radius 1 is 1.06 bits per heavy atom. The number of nitrogens with zero attached hydrogens (tertiary/aromatic N) is 1. The van der Waals surface area contributed by atoms with Crippen LogP contribution < -0.4 is 10.1 Å². The van der Waals surface area contributed by atoms with E-state index in [9.17, 15) is 14.9 Å². The van der Waals surface area contributed by atoms with Gasteiger partial charge in [-0.3, -0.25) is 4.79 Å². The number of amides is 1. The number of halogens is 1. The van der Waals surface area contributed by atoms with Crippen LogP contribution in [0.5, 0.6) is 5.75 Å². The lowest BCUT2D eigenvalue weighted by atomic mass is 10.1. The van der Waals surface area contributed by atoms with Gasteiger partial charge in [0.15, 0.2) is 0 Å². The Bertz CT molecular complexity index is 1170. The summed E-state index contributed by atoms with van der Waals surface area (Å²) in [4.78, 5) is 23.5. The highest BCUT2D eigenvalue weighted by atomic mass is 79.9. The lowest BCUT2D eigenvalue weighted by Crippen LogP contribution is -2.13. The van der Waals surface area contributed by atoms with Crippen molar-refractivity contribution in [1.82, 2.24) is 0 Å². The Labute approximate surface area is 187 Å². The molecular weight excluding hydrogens is 460 g/mol. The molecular formula is C24H17BrN2O4. The maximum absolute atomic E-state index is 12.6. The molecule has 3 rings (SSSR count). The fourth-order valence-corrected chi connectivity index (χ4v) is 3.08. The Morgan fingerprint density at radius 3 is 2.42 bits per heavy atom. The molecule has 0 aliphatic rings. The van der Waals surface area contributed by atoms with Crippen molar-refractivity contribution in [3.05, 3.63) is 99.5 Å². The van der Waals surface area contributed by atoms with Gasteiger partial charge in [-0.2, -0.15) is 5.26 Å². The zero-order valence-corrected chi connectivity index (χ0v) is 17.8. The van der Waals surface area contributed by atoms with E-state index in [4.69, 9.17) is 9.84 Å². The van der Waals surface area contributed by atoms with Crippen LogP contribution in [0.25, 0.3) is 6.08 Å². The van der Waals surface area contributed by atoms with Crippen LogP contribution in [-0.2, 0) is 11.4 Å². The molecule has 0 aliphatic heterocycles. The minimum Gasteiger partial charge on any atom is -0.488 e. The molecule has 0 unspecified atom stereocenters. The summed E-state index contributed by atoms with van der Waals surface area (Å²) in [6.07, 6.45) is 1.45. The maximum Gasteiger partial charge on any atom is 0.335 e. The molecule has 31 heavy (non-hydrogen) atoms. The largest absolute Gasteiger partial charge is 0.488 e. The average molecular weight is 477 g/mol. The molecule has 0 bridgehead atoms. The van der Waals surface area contributed by atoms with Gasteiger partial charge >= 0.3 is 5.97 Å². The average Bonchev–Trinajstić information content (AvgIpc) is 2.77. The number of aromatic carboxylic acids is 1. The molecule has 3 aromatic rings. The van der Waals surface area contributed by atoms with Gasteiger partial charge in [0.2, 0.25) is 0 Å². The van der Waals surface area contributed by atoms with Crippen LogP contribution in [0.1, 0.15) is 21.5 Å². The summed E-state index contributed by atoms with van der Waals surface area (Å²) in [6, 6.07) is 22.5. The minimum absolute atomic E-state index is 0.100. The standard InChI is InChI=1S/C24H17BrN2O4/c25-20-8-11-22(31-15-16-4-2-1-3-5-16)18(13-20)12-19(14-26)23(28)27-21-9-6-17(7-10-21)24(29)30/h1-13H,15H2,(H,27,28)(H,29,30)/b19-12+. The zero-order chi connectivity index (χ0) is 22.2. The molecule has 154 valence electrons. The van der Waals surface area contributed by atoms with Gasteiger partial charge in [0, 0.05) is 15.7 Å². The fourth-order valence-electron chi connectivity index (χ4n) is 2.70. The molecule has 0 fully saturated rings. The molecule has 3 aromatic carbocycles. The van der Waals surface area contributed by atoms with Crippen LogP contribution in [-0.4, -0.2) is 17.0 Å². The molecule has 7 heteroatoms. The van der Waals surface area contributed by atoms with Crippen LogP contribution in [0.4, 0.5) is 5.69 Å². The van der Waals surface area contributed by atoms with Crippen molar-refractivity contribution in [2.45, 2.75) is 6.61 Å². The Hall–Kier alpha value is -3.89. The second kappa shape index (κ2) is 10.2. The first kappa shape index (κ1) is 21.8. The second-order valence-electron chi connectivity index (χ2n) is 6.46. The monoisotopic (exact) mass is 476 g/mol. The van der Waals surface area contributed by atoms with Gasteiger partial charge in [0.25, 0.3) is 5.91 Å². The molecule has 2 N–H and O–H groups in total. The van der Waals surface area contributed by atoms with E-state index < -0.39 is 11.9 Å². The van der Waals surface area contributed by atoms with E-state index in [1.165, 1.54) is 30.3 Å². The molecule has 0 heterocycles. The molecule has 0 saturated carbocycles. The van der Waals surface area contributed by atoms with Crippen molar-refractivity contribution >= 4 is 39.6 Å². The predicted octanol–water partition coefficient (Wildman–Crippen LogP) is 5.27. The van der Waals surface area contributed by atoms with E-state index in [1.54, 1.807) is 12.1 Å². The number of ether oxygens (including phenoxy) is 1. The molecule has 1 amide bonds. The fraction of sp³-hybridized carbons (Fsp3) is 0.0417. The summed E-state index contributed by atoms with van der Waals surface area (Å²) in [5, 5.41) is 21.1. The van der Waals surface area contributed by atoms with E-state index in [0.717, 1.165) is 10.0 Å². The first-order valence-electron chi connectivity index (χ1n) is 9.19. The van der Waals surface area contributed by atoms with Crippen molar-refractivity contribution in [1.29, 1.82) is 5.26 Å². The number of benzene rings is 3.